The summed E-state index contributed by atoms with van der Waals surface area (Å²) in [6.07, 6.45) is 62.5. The maximum Gasteiger partial charge on any atom is 0.309 e. The highest BCUT2D eigenvalue weighted by Gasteiger charge is 2.17. The molecule has 56 heavy (non-hydrogen) atoms. The molecule has 0 aliphatic carbocycles. The lowest BCUT2D eigenvalue weighted by Crippen LogP contribution is -2.30. The standard InChI is InChI=1S/C51H82O5/c1-4-7-10-13-16-19-22-24-26-28-30-32-35-38-41-44-50(52)55-48-49(47-54-46-43-40-37-34-21-18-15-12-9-6-3)56-51(53)45-42-39-36-33-31-29-27-25-23-20-17-14-11-8-5-2/h7-8,10-11,16-17,19-20,24-27,30-33,38,41,49H,4-6,9,12-15,18,21-23,28-29,34-37,39-40,42-48H2,1-3H3/b10-7-,11-8-,19-16-,20-17-,26-24-,27-25-,32-30-,33-31-,41-38-. The van der Waals surface area contributed by atoms with Gasteiger partial charge >= 0.3 is 11.9 Å². The fourth-order valence-electron chi connectivity index (χ4n) is 5.57. The molecule has 0 N–H and O–H groups in total. The first kappa shape index (κ1) is 52.6. The number of allylic oxidation sites excluding steroid dienone is 17. The second-order valence-electron chi connectivity index (χ2n) is 14.2. The number of ether oxygens (including phenoxy) is 3. The van der Waals surface area contributed by atoms with E-state index in [1.54, 1.807) is 0 Å². The first-order valence-corrected chi connectivity index (χ1v) is 22.4. The molecule has 5 heteroatoms. The minimum absolute atomic E-state index is 0.00919. The minimum Gasteiger partial charge on any atom is -0.461 e. The third-order valence-corrected chi connectivity index (χ3v) is 8.84. The predicted octanol–water partition coefficient (Wildman–Crippen LogP) is 14.9. The summed E-state index contributed by atoms with van der Waals surface area (Å²) < 4.78 is 17.1. The van der Waals surface area contributed by atoms with Crippen molar-refractivity contribution >= 4 is 11.9 Å². The van der Waals surface area contributed by atoms with Crippen LogP contribution in [0.4, 0.5) is 0 Å². The van der Waals surface area contributed by atoms with Gasteiger partial charge in [0.1, 0.15) is 6.61 Å². The smallest absolute Gasteiger partial charge is 0.309 e. The number of rotatable bonds is 39. The Morgan fingerprint density at radius 2 is 0.857 bits per heavy atom. The SMILES string of the molecule is CC/C=C\C/C=C\C/C=C\C/C=C\C/C=C\CC(=O)OCC(COCCCCCCCCCCCC)OC(=O)CCCC/C=C\C/C=C\C/C=C\C/C=C\CC. The lowest BCUT2D eigenvalue weighted by atomic mass is 10.1. The molecule has 0 heterocycles. The Balaban J connectivity index is 4.48. The zero-order chi connectivity index (χ0) is 40.7. The third-order valence-electron chi connectivity index (χ3n) is 8.84. The molecule has 1 unspecified atom stereocenters. The highest BCUT2D eigenvalue weighted by Crippen LogP contribution is 2.11. The zero-order valence-electron chi connectivity index (χ0n) is 36.1. The molecule has 0 aliphatic heterocycles. The molecule has 5 nitrogen and oxygen atoms in total. The second kappa shape index (κ2) is 45.9. The summed E-state index contributed by atoms with van der Waals surface area (Å²) in [5.41, 5.74) is 0. The summed E-state index contributed by atoms with van der Waals surface area (Å²) in [5, 5.41) is 0. The minimum atomic E-state index is -0.600. The van der Waals surface area contributed by atoms with Crippen LogP contribution in [0.25, 0.3) is 0 Å². The molecule has 316 valence electrons. The molecule has 0 rings (SSSR count). The summed E-state index contributed by atoms with van der Waals surface area (Å²) in [5.74, 6) is -0.600. The molecular formula is C51H82O5. The Labute approximate surface area is 344 Å². The van der Waals surface area contributed by atoms with E-state index >= 15 is 0 Å². The molecule has 0 aliphatic rings. The maximum absolute atomic E-state index is 12.7. The van der Waals surface area contributed by atoms with Crippen molar-refractivity contribution in [2.45, 2.75) is 181 Å². The largest absolute Gasteiger partial charge is 0.461 e. The Morgan fingerprint density at radius 1 is 0.429 bits per heavy atom. The molecular weight excluding hydrogens is 693 g/mol. The van der Waals surface area contributed by atoms with Crippen LogP contribution in [0, 0.1) is 0 Å². The van der Waals surface area contributed by atoms with Crippen LogP contribution in [0.2, 0.25) is 0 Å². The van der Waals surface area contributed by atoms with E-state index in [2.05, 4.69) is 118 Å². The van der Waals surface area contributed by atoms with Crippen molar-refractivity contribution in [3.63, 3.8) is 0 Å². The Hall–Kier alpha value is -3.44. The van der Waals surface area contributed by atoms with Crippen molar-refractivity contribution < 1.29 is 23.8 Å². The molecule has 0 aromatic rings. The fraction of sp³-hybridized carbons (Fsp3) is 0.608. The van der Waals surface area contributed by atoms with Crippen molar-refractivity contribution in [2.24, 2.45) is 0 Å². The van der Waals surface area contributed by atoms with E-state index in [9.17, 15) is 9.59 Å². The van der Waals surface area contributed by atoms with Crippen molar-refractivity contribution in [1.29, 1.82) is 0 Å². The summed E-state index contributed by atoms with van der Waals surface area (Å²) in [7, 11) is 0. The van der Waals surface area contributed by atoms with Gasteiger partial charge in [0.25, 0.3) is 0 Å². The highest BCUT2D eigenvalue weighted by molar-refractivity contribution is 5.71. The average Bonchev–Trinajstić information content (AvgIpc) is 3.20. The quantitative estimate of drug-likeness (QED) is 0.0354. The van der Waals surface area contributed by atoms with Crippen LogP contribution in [0.5, 0.6) is 0 Å². The summed E-state index contributed by atoms with van der Waals surface area (Å²) in [6, 6.07) is 0. The van der Waals surface area contributed by atoms with Gasteiger partial charge in [0.05, 0.1) is 13.0 Å². The fourth-order valence-corrected chi connectivity index (χ4v) is 5.57. The number of carbonyl (C=O) groups is 2. The molecule has 0 saturated carbocycles. The van der Waals surface area contributed by atoms with E-state index in [0.29, 0.717) is 13.0 Å². The maximum atomic E-state index is 12.7. The van der Waals surface area contributed by atoms with E-state index < -0.39 is 6.10 Å². The summed E-state index contributed by atoms with van der Waals surface area (Å²) >= 11 is 0. The Bertz CT molecular complexity index is 1150. The highest BCUT2D eigenvalue weighted by atomic mass is 16.6. The lowest BCUT2D eigenvalue weighted by molar-refractivity contribution is -0.162. The number of hydrogen-bond donors (Lipinski definition) is 0. The lowest BCUT2D eigenvalue weighted by Gasteiger charge is -2.18. The number of esters is 2. The van der Waals surface area contributed by atoms with Crippen molar-refractivity contribution in [2.75, 3.05) is 19.8 Å². The Morgan fingerprint density at radius 3 is 1.34 bits per heavy atom. The van der Waals surface area contributed by atoms with E-state index in [4.69, 9.17) is 14.2 Å². The van der Waals surface area contributed by atoms with Crippen LogP contribution < -0.4 is 0 Å². The van der Waals surface area contributed by atoms with E-state index in [-0.39, 0.29) is 31.6 Å². The van der Waals surface area contributed by atoms with Gasteiger partial charge in [-0.2, -0.15) is 0 Å². The van der Waals surface area contributed by atoms with Crippen molar-refractivity contribution in [1.82, 2.24) is 0 Å². The number of unbranched alkanes of at least 4 members (excludes halogenated alkanes) is 11. The van der Waals surface area contributed by atoms with Crippen LogP contribution in [0.3, 0.4) is 0 Å². The first-order chi connectivity index (χ1) is 27.6. The van der Waals surface area contributed by atoms with Crippen molar-refractivity contribution in [3.8, 4) is 0 Å². The van der Waals surface area contributed by atoms with Crippen LogP contribution in [0.1, 0.15) is 175 Å². The van der Waals surface area contributed by atoms with Crippen LogP contribution in [-0.4, -0.2) is 37.9 Å². The summed E-state index contributed by atoms with van der Waals surface area (Å²) in [4.78, 5) is 25.2. The molecule has 0 aromatic carbocycles. The van der Waals surface area contributed by atoms with E-state index in [1.165, 1.54) is 51.4 Å². The normalized spacial score (nSPS) is 13.3. The second-order valence-corrected chi connectivity index (χ2v) is 14.2. The van der Waals surface area contributed by atoms with E-state index in [0.717, 1.165) is 89.9 Å². The zero-order valence-corrected chi connectivity index (χ0v) is 36.1. The van der Waals surface area contributed by atoms with Crippen molar-refractivity contribution in [3.05, 3.63) is 109 Å². The van der Waals surface area contributed by atoms with Gasteiger partial charge in [0.15, 0.2) is 6.10 Å². The van der Waals surface area contributed by atoms with Gasteiger partial charge in [0.2, 0.25) is 0 Å². The van der Waals surface area contributed by atoms with Gasteiger partial charge in [-0.25, -0.2) is 0 Å². The Kier molecular flexibility index (Phi) is 43.1. The van der Waals surface area contributed by atoms with Gasteiger partial charge in [0, 0.05) is 13.0 Å². The molecule has 0 fully saturated rings. The monoisotopic (exact) mass is 775 g/mol. The summed E-state index contributed by atoms with van der Waals surface area (Å²) in [6.45, 7) is 7.41. The molecule has 0 amide bonds. The van der Waals surface area contributed by atoms with Gasteiger partial charge in [-0.05, 0) is 83.5 Å². The van der Waals surface area contributed by atoms with E-state index in [1.807, 2.05) is 12.2 Å². The topological polar surface area (TPSA) is 61.8 Å². The van der Waals surface area contributed by atoms with Crippen LogP contribution in [0.15, 0.2) is 109 Å². The number of carbonyl (C=O) groups excluding carboxylic acids is 2. The molecule has 0 aromatic heterocycles. The van der Waals surface area contributed by atoms with Gasteiger partial charge in [-0.15, -0.1) is 0 Å². The number of hydrogen-bond acceptors (Lipinski definition) is 5. The average molecular weight is 775 g/mol. The van der Waals surface area contributed by atoms with Gasteiger partial charge in [-0.3, -0.25) is 9.59 Å². The predicted molar refractivity (Wildman–Crippen MR) is 242 cm³/mol. The first-order valence-electron chi connectivity index (χ1n) is 22.4. The molecule has 0 spiro atoms. The van der Waals surface area contributed by atoms with Crippen LogP contribution >= 0.6 is 0 Å². The molecule has 0 saturated heterocycles. The molecule has 0 radical (unpaired) electrons. The molecule has 0 bridgehead atoms. The van der Waals surface area contributed by atoms with Crippen LogP contribution in [-0.2, 0) is 23.8 Å². The molecule has 1 atom stereocenters. The van der Waals surface area contributed by atoms with Gasteiger partial charge in [-0.1, -0.05) is 188 Å². The van der Waals surface area contributed by atoms with Gasteiger partial charge < -0.3 is 14.2 Å². The third kappa shape index (κ3) is 43.3.